The van der Waals surface area contributed by atoms with Crippen molar-refractivity contribution in [2.45, 2.75) is 11.8 Å². The molecule has 4 nitrogen and oxygen atoms in total. The molecule has 160 valence electrons. The van der Waals surface area contributed by atoms with Gasteiger partial charge in [-0.05, 0) is 37.3 Å². The van der Waals surface area contributed by atoms with Crippen molar-refractivity contribution in [3.8, 4) is 0 Å². The van der Waals surface area contributed by atoms with Crippen LogP contribution in [-0.4, -0.2) is 17.6 Å². The third-order valence-electron chi connectivity index (χ3n) is 4.12. The van der Waals surface area contributed by atoms with Gasteiger partial charge < -0.3 is 10.6 Å². The Kier molecular flexibility index (Phi) is 6.96. The van der Waals surface area contributed by atoms with Crippen molar-refractivity contribution in [2.24, 2.45) is 0 Å². The van der Waals surface area contributed by atoms with Gasteiger partial charge in [0.05, 0.1) is 5.75 Å². The second kappa shape index (κ2) is 9.65. The fourth-order valence-corrected chi connectivity index (χ4v) is 3.42. The summed E-state index contributed by atoms with van der Waals surface area (Å²) in [4.78, 5) is 25.0. The summed E-state index contributed by atoms with van der Waals surface area (Å²) in [5.74, 6) is -8.04. The lowest BCUT2D eigenvalue weighted by molar-refractivity contribution is -0.113. The van der Waals surface area contributed by atoms with Crippen LogP contribution in [0.25, 0.3) is 0 Å². The first-order chi connectivity index (χ1) is 14.7. The Labute approximate surface area is 179 Å². The number of aryl methyl sites for hydroxylation is 1. The predicted molar refractivity (Wildman–Crippen MR) is 111 cm³/mol. The van der Waals surface area contributed by atoms with Crippen LogP contribution >= 0.6 is 11.8 Å². The summed E-state index contributed by atoms with van der Waals surface area (Å²) in [6, 6.07) is 13.7. The average molecular weight is 448 g/mol. The van der Waals surface area contributed by atoms with Gasteiger partial charge in [-0.1, -0.05) is 23.8 Å². The highest BCUT2D eigenvalue weighted by Gasteiger charge is 2.21. The topological polar surface area (TPSA) is 58.2 Å². The number of benzene rings is 3. The van der Waals surface area contributed by atoms with E-state index in [4.69, 9.17) is 0 Å². The highest BCUT2D eigenvalue weighted by Crippen LogP contribution is 2.26. The van der Waals surface area contributed by atoms with Gasteiger partial charge in [-0.2, -0.15) is 0 Å². The number of amides is 2. The summed E-state index contributed by atoms with van der Waals surface area (Å²) >= 11 is 1.01. The van der Waals surface area contributed by atoms with Gasteiger partial charge in [-0.3, -0.25) is 9.59 Å². The van der Waals surface area contributed by atoms with Crippen molar-refractivity contribution in [3.05, 3.63) is 89.0 Å². The lowest BCUT2D eigenvalue weighted by Gasteiger charge is -2.10. The molecule has 0 atom stereocenters. The summed E-state index contributed by atoms with van der Waals surface area (Å²) in [6.45, 7) is 1.87. The number of nitrogens with one attached hydrogen (secondary N) is 2. The van der Waals surface area contributed by atoms with Crippen LogP contribution in [0.5, 0.6) is 0 Å². The van der Waals surface area contributed by atoms with Crippen LogP contribution < -0.4 is 10.6 Å². The minimum Gasteiger partial charge on any atom is -0.322 e. The maximum Gasteiger partial charge on any atom is 0.255 e. The van der Waals surface area contributed by atoms with Gasteiger partial charge in [0.15, 0.2) is 23.3 Å². The van der Waals surface area contributed by atoms with Crippen molar-refractivity contribution in [1.29, 1.82) is 0 Å². The second-order valence-electron chi connectivity index (χ2n) is 6.53. The molecular weight excluding hydrogens is 432 g/mol. The Balaban J connectivity index is 1.63. The van der Waals surface area contributed by atoms with Crippen LogP contribution in [0.1, 0.15) is 15.9 Å². The molecule has 0 spiro atoms. The van der Waals surface area contributed by atoms with E-state index in [-0.39, 0.29) is 17.7 Å². The molecule has 0 unspecified atom stereocenters. The summed E-state index contributed by atoms with van der Waals surface area (Å²) in [5.41, 5.74) is 0.737. The fourth-order valence-electron chi connectivity index (χ4n) is 2.66. The van der Waals surface area contributed by atoms with E-state index in [2.05, 4.69) is 5.32 Å². The normalized spacial score (nSPS) is 10.6. The third kappa shape index (κ3) is 5.64. The highest BCUT2D eigenvalue weighted by molar-refractivity contribution is 8.00. The Hall–Kier alpha value is -3.33. The van der Waals surface area contributed by atoms with Crippen LogP contribution in [0.15, 0.2) is 59.5 Å². The zero-order valence-corrected chi connectivity index (χ0v) is 17.0. The van der Waals surface area contributed by atoms with Crippen molar-refractivity contribution < 1.29 is 27.2 Å². The van der Waals surface area contributed by atoms with E-state index in [9.17, 15) is 27.2 Å². The maximum absolute atomic E-state index is 13.7. The summed E-state index contributed by atoms with van der Waals surface area (Å²) in [7, 11) is 0. The SMILES string of the molecule is Cc1cccc(C(=O)Nc2cccc(SCC(=O)Nc3c(F)c(F)cc(F)c3F)c2)c1. The van der Waals surface area contributed by atoms with E-state index in [1.54, 1.807) is 42.5 Å². The molecule has 0 bridgehead atoms. The van der Waals surface area contributed by atoms with E-state index in [0.29, 0.717) is 16.1 Å². The zero-order valence-electron chi connectivity index (χ0n) is 16.1. The number of hydrogen-bond donors (Lipinski definition) is 2. The van der Waals surface area contributed by atoms with Crippen molar-refractivity contribution in [2.75, 3.05) is 16.4 Å². The van der Waals surface area contributed by atoms with Gasteiger partial charge in [-0.25, -0.2) is 17.6 Å². The maximum atomic E-state index is 13.7. The first kappa shape index (κ1) is 22.4. The molecule has 2 amide bonds. The molecule has 0 saturated heterocycles. The smallest absolute Gasteiger partial charge is 0.255 e. The molecule has 0 aromatic heterocycles. The number of rotatable bonds is 6. The Morgan fingerprint density at radius 1 is 0.871 bits per heavy atom. The van der Waals surface area contributed by atoms with Gasteiger partial charge >= 0.3 is 0 Å². The standard InChI is InChI=1S/C22H16F4N2O2S/c1-12-4-2-5-13(8-12)22(30)27-14-6-3-7-15(9-14)31-11-18(29)28-21-19(25)16(23)10-17(24)20(21)26/h2-10H,11H2,1H3,(H,27,30)(H,28,29). The summed E-state index contributed by atoms with van der Waals surface area (Å²) in [6.07, 6.45) is 0. The number of thioether (sulfide) groups is 1. The molecule has 3 aromatic carbocycles. The van der Waals surface area contributed by atoms with Crippen LogP contribution in [0.3, 0.4) is 0 Å². The van der Waals surface area contributed by atoms with Gasteiger partial charge in [0.2, 0.25) is 5.91 Å². The molecule has 2 N–H and O–H groups in total. The summed E-state index contributed by atoms with van der Waals surface area (Å²) < 4.78 is 53.8. The first-order valence-corrected chi connectivity index (χ1v) is 9.97. The van der Waals surface area contributed by atoms with E-state index >= 15 is 0 Å². The molecule has 0 aliphatic carbocycles. The molecule has 3 rings (SSSR count). The Bertz CT molecular complexity index is 1130. The van der Waals surface area contributed by atoms with Crippen molar-refractivity contribution in [1.82, 2.24) is 0 Å². The zero-order chi connectivity index (χ0) is 22.5. The fraction of sp³-hybridized carbons (Fsp3) is 0.0909. The molecule has 0 fully saturated rings. The Morgan fingerprint density at radius 2 is 1.55 bits per heavy atom. The molecule has 0 aliphatic heterocycles. The number of carbonyl (C=O) groups excluding carboxylic acids is 2. The highest BCUT2D eigenvalue weighted by atomic mass is 32.2. The third-order valence-corrected chi connectivity index (χ3v) is 5.11. The van der Waals surface area contributed by atoms with Gasteiger partial charge in [0.1, 0.15) is 5.69 Å². The van der Waals surface area contributed by atoms with E-state index in [1.165, 1.54) is 0 Å². The molecular formula is C22H16F4N2O2S. The molecule has 31 heavy (non-hydrogen) atoms. The Morgan fingerprint density at radius 3 is 2.23 bits per heavy atom. The lowest BCUT2D eigenvalue weighted by Crippen LogP contribution is -2.17. The number of hydrogen-bond acceptors (Lipinski definition) is 3. The van der Waals surface area contributed by atoms with E-state index in [1.807, 2.05) is 18.3 Å². The minimum absolute atomic E-state index is 0.0611. The molecule has 0 radical (unpaired) electrons. The molecule has 0 saturated carbocycles. The van der Waals surface area contributed by atoms with Crippen LogP contribution in [0.2, 0.25) is 0 Å². The first-order valence-electron chi connectivity index (χ1n) is 8.98. The molecule has 9 heteroatoms. The summed E-state index contributed by atoms with van der Waals surface area (Å²) in [5, 5.41) is 4.59. The molecule has 0 aliphatic rings. The average Bonchev–Trinajstić information content (AvgIpc) is 2.74. The minimum atomic E-state index is -1.68. The van der Waals surface area contributed by atoms with Crippen LogP contribution in [0, 0.1) is 30.2 Å². The monoisotopic (exact) mass is 448 g/mol. The van der Waals surface area contributed by atoms with Gasteiger partial charge in [-0.15, -0.1) is 11.8 Å². The van der Waals surface area contributed by atoms with Crippen molar-refractivity contribution in [3.63, 3.8) is 0 Å². The molecule has 3 aromatic rings. The predicted octanol–water partition coefficient (Wildman–Crippen LogP) is 5.53. The van der Waals surface area contributed by atoms with E-state index in [0.717, 1.165) is 17.3 Å². The van der Waals surface area contributed by atoms with Crippen LogP contribution in [-0.2, 0) is 4.79 Å². The van der Waals surface area contributed by atoms with Crippen LogP contribution in [0.4, 0.5) is 28.9 Å². The largest absolute Gasteiger partial charge is 0.322 e. The molecule has 0 heterocycles. The quantitative estimate of drug-likeness (QED) is 0.296. The number of carbonyl (C=O) groups is 2. The lowest BCUT2D eigenvalue weighted by atomic mass is 10.1. The van der Waals surface area contributed by atoms with E-state index < -0.39 is 34.9 Å². The van der Waals surface area contributed by atoms with Crippen molar-refractivity contribution >= 4 is 35.0 Å². The second-order valence-corrected chi connectivity index (χ2v) is 7.58. The van der Waals surface area contributed by atoms with Gasteiger partial charge in [0.25, 0.3) is 5.91 Å². The number of anilines is 2. The number of halogens is 4. The van der Waals surface area contributed by atoms with Gasteiger partial charge in [0, 0.05) is 22.2 Å².